The SMILES string of the molecule is CC.CC1(C)CNC(=O)c2ccc(nc2)Nc2cc(nc(OCC(F)(F)F)n2)NCc2ccc(cc2)OCCCN(C(=O)C(=O)Nc2ccc(C#N)cc2)C1. The summed E-state index contributed by atoms with van der Waals surface area (Å²) < 4.78 is 49.3. The molecule has 4 aliphatic heterocycles. The Bertz CT molecular complexity index is 1950. The largest absolute Gasteiger partial charge is 0.494 e. The Labute approximate surface area is 316 Å². The zero-order valence-corrected chi connectivity index (χ0v) is 30.8. The number of hydrogen-bond acceptors (Lipinski definition) is 11. The first-order valence-electron chi connectivity index (χ1n) is 17.4. The van der Waals surface area contributed by atoms with Crippen LogP contribution in [0.4, 0.5) is 36.3 Å². The van der Waals surface area contributed by atoms with Gasteiger partial charge in [0.25, 0.3) is 5.91 Å². The van der Waals surface area contributed by atoms with Gasteiger partial charge in [0, 0.05) is 44.1 Å². The maximum absolute atomic E-state index is 13.5. The molecule has 8 rings (SSSR count). The summed E-state index contributed by atoms with van der Waals surface area (Å²) in [6, 6.07) is 19.2. The van der Waals surface area contributed by atoms with Crippen molar-refractivity contribution in [3.63, 3.8) is 0 Å². The van der Waals surface area contributed by atoms with Crippen LogP contribution in [0.5, 0.6) is 11.8 Å². The van der Waals surface area contributed by atoms with Crippen LogP contribution >= 0.6 is 0 Å². The number of carbonyl (C=O) groups excluding carboxylic acids is 3. The third-order valence-electron chi connectivity index (χ3n) is 7.69. The first-order chi connectivity index (χ1) is 26.2. The smallest absolute Gasteiger partial charge is 0.422 e. The average Bonchev–Trinajstić information content (AvgIpc) is 3.17. The molecule has 0 saturated carbocycles. The minimum atomic E-state index is -4.60. The van der Waals surface area contributed by atoms with Crippen molar-refractivity contribution in [3.8, 4) is 17.8 Å². The van der Waals surface area contributed by atoms with Gasteiger partial charge in [-0.1, -0.05) is 39.8 Å². The lowest BCUT2D eigenvalue weighted by atomic mass is 9.92. The number of hydrogen-bond donors (Lipinski definition) is 4. The van der Waals surface area contributed by atoms with Gasteiger partial charge in [-0.2, -0.15) is 28.4 Å². The van der Waals surface area contributed by atoms with E-state index in [1.54, 1.807) is 24.3 Å². The molecule has 290 valence electrons. The maximum atomic E-state index is 13.5. The van der Waals surface area contributed by atoms with E-state index < -0.39 is 41.9 Å². The lowest BCUT2D eigenvalue weighted by Gasteiger charge is -2.32. The van der Waals surface area contributed by atoms with E-state index in [1.165, 1.54) is 53.6 Å². The maximum Gasteiger partial charge on any atom is 0.422 e. The van der Waals surface area contributed by atoms with E-state index in [4.69, 9.17) is 14.7 Å². The number of amides is 3. The van der Waals surface area contributed by atoms with Crippen molar-refractivity contribution in [1.82, 2.24) is 25.2 Å². The number of nitrogens with one attached hydrogen (secondary N) is 4. The Morgan fingerprint density at radius 1 is 1.00 bits per heavy atom. The van der Waals surface area contributed by atoms with E-state index in [-0.39, 0.29) is 55.8 Å². The number of benzene rings is 2. The van der Waals surface area contributed by atoms with Crippen LogP contribution in [0.2, 0.25) is 0 Å². The van der Waals surface area contributed by atoms with Crippen LogP contribution in [-0.4, -0.2) is 76.6 Å². The van der Waals surface area contributed by atoms with Crippen LogP contribution in [0.3, 0.4) is 0 Å². The van der Waals surface area contributed by atoms with Gasteiger partial charge in [-0.15, -0.1) is 0 Å². The van der Waals surface area contributed by atoms with Crippen molar-refractivity contribution < 1.29 is 37.0 Å². The summed E-state index contributed by atoms with van der Waals surface area (Å²) in [6.07, 6.45) is -2.91. The predicted octanol–water partition coefficient (Wildman–Crippen LogP) is 6.07. The lowest BCUT2D eigenvalue weighted by Crippen LogP contribution is -2.48. The van der Waals surface area contributed by atoms with Gasteiger partial charge in [0.15, 0.2) is 6.61 Å². The molecule has 4 N–H and O–H groups in total. The number of aromatic nitrogens is 3. The van der Waals surface area contributed by atoms with Gasteiger partial charge in [0.1, 0.15) is 23.2 Å². The molecule has 0 radical (unpaired) electrons. The topological polar surface area (TPSA) is 183 Å². The normalized spacial score (nSPS) is 14.6. The molecular weight excluding hydrogens is 719 g/mol. The molecule has 0 fully saturated rings. The van der Waals surface area contributed by atoms with E-state index in [9.17, 15) is 27.6 Å². The fraction of sp³-hybridized carbons (Fsp3) is 0.342. The number of alkyl halides is 3. The van der Waals surface area contributed by atoms with Crippen molar-refractivity contribution in [2.24, 2.45) is 5.41 Å². The number of anilines is 4. The highest BCUT2D eigenvalue weighted by Crippen LogP contribution is 2.23. The van der Waals surface area contributed by atoms with Gasteiger partial charge in [-0.3, -0.25) is 14.4 Å². The molecule has 0 atom stereocenters. The molecule has 4 aliphatic rings. The Morgan fingerprint density at radius 3 is 2.36 bits per heavy atom. The summed E-state index contributed by atoms with van der Waals surface area (Å²) in [4.78, 5) is 53.4. The van der Waals surface area contributed by atoms with Crippen LogP contribution < -0.4 is 30.7 Å². The third kappa shape index (κ3) is 13.2. The molecule has 4 aromatic rings. The van der Waals surface area contributed by atoms with Crippen LogP contribution in [0, 0.1) is 16.7 Å². The van der Waals surface area contributed by atoms with Gasteiger partial charge in [0.05, 0.1) is 23.8 Å². The van der Waals surface area contributed by atoms with Crippen molar-refractivity contribution in [2.75, 3.05) is 48.8 Å². The Hall–Kier alpha value is -6.44. The van der Waals surface area contributed by atoms with E-state index in [1.807, 2.05) is 33.8 Å². The summed E-state index contributed by atoms with van der Waals surface area (Å²) in [5, 5.41) is 20.4. The van der Waals surface area contributed by atoms with E-state index in [2.05, 4.69) is 36.2 Å². The average molecular weight is 762 g/mol. The number of ether oxygens (including phenoxy) is 2. The number of nitriles is 1. The number of pyridine rings is 1. The zero-order valence-electron chi connectivity index (χ0n) is 30.8. The number of rotatable bonds is 3. The van der Waals surface area contributed by atoms with Gasteiger partial charge in [-0.25, -0.2) is 4.98 Å². The zero-order chi connectivity index (χ0) is 40.0. The monoisotopic (exact) mass is 761 g/mol. The minimum Gasteiger partial charge on any atom is -0.494 e. The second kappa shape index (κ2) is 19.1. The molecule has 3 amide bonds. The second-order valence-corrected chi connectivity index (χ2v) is 12.8. The van der Waals surface area contributed by atoms with Gasteiger partial charge < -0.3 is 35.6 Å². The van der Waals surface area contributed by atoms with Crippen LogP contribution in [0.25, 0.3) is 0 Å². The lowest BCUT2D eigenvalue weighted by molar-refractivity contribution is -0.154. The molecule has 2 aromatic heterocycles. The van der Waals surface area contributed by atoms with E-state index in [0.717, 1.165) is 5.56 Å². The summed E-state index contributed by atoms with van der Waals surface area (Å²) in [6.45, 7) is 6.99. The Kier molecular flexibility index (Phi) is 14.3. The van der Waals surface area contributed by atoms with Gasteiger partial charge in [0.2, 0.25) is 0 Å². The molecule has 14 nitrogen and oxygen atoms in total. The fourth-order valence-electron chi connectivity index (χ4n) is 5.07. The van der Waals surface area contributed by atoms with Crippen molar-refractivity contribution in [3.05, 3.63) is 89.6 Å². The van der Waals surface area contributed by atoms with Crippen molar-refractivity contribution in [1.29, 1.82) is 5.26 Å². The highest BCUT2D eigenvalue weighted by atomic mass is 19.4. The number of halogens is 3. The van der Waals surface area contributed by atoms with Crippen molar-refractivity contribution in [2.45, 2.75) is 46.8 Å². The summed E-state index contributed by atoms with van der Waals surface area (Å²) in [5.74, 6) is -1.00. The van der Waals surface area contributed by atoms with Crippen LogP contribution in [-0.2, 0) is 16.1 Å². The molecule has 6 heterocycles. The molecule has 0 aliphatic carbocycles. The number of carbonyl (C=O) groups is 3. The van der Waals surface area contributed by atoms with Crippen molar-refractivity contribution >= 4 is 40.9 Å². The number of nitrogens with zero attached hydrogens (tertiary/aromatic N) is 5. The predicted molar refractivity (Wildman–Crippen MR) is 199 cm³/mol. The molecule has 55 heavy (non-hydrogen) atoms. The molecule has 0 unspecified atom stereocenters. The van der Waals surface area contributed by atoms with E-state index in [0.29, 0.717) is 23.4 Å². The molecule has 17 heteroatoms. The molecule has 0 saturated heterocycles. The standard InChI is InChI=1S/C36H36F3N9O5.C2H6/c1-35(2)20-43-31(49)25-8-13-28(42-19-25)45-30-16-29(46-34(47-30)53-22-36(37,38)39)41-18-24-6-11-27(12-7-24)52-15-3-14-48(21-35)33(51)32(50)44-26-9-4-23(17-40)5-10-26;1-2/h4-13,16,19H,3,14-15,18,20-22H2,1-2H3,(H,43,49)(H,44,50)(H2,41,42,45,46,47);1-2H3. The molecule has 0 spiro atoms. The van der Waals surface area contributed by atoms with Crippen LogP contribution in [0.1, 0.15) is 55.6 Å². The molecule has 6 bridgehead atoms. The Balaban J connectivity index is 0.00000331. The molecular formula is C38H42F3N9O5. The first-order valence-corrected chi connectivity index (χ1v) is 17.4. The van der Waals surface area contributed by atoms with E-state index >= 15 is 0 Å². The first kappa shape index (κ1) is 41.3. The minimum absolute atomic E-state index is 0.0917. The third-order valence-corrected chi connectivity index (χ3v) is 7.69. The fourth-order valence-corrected chi connectivity index (χ4v) is 5.07. The molecule has 2 aromatic carbocycles. The summed E-state index contributed by atoms with van der Waals surface area (Å²) in [7, 11) is 0. The Morgan fingerprint density at radius 2 is 1.71 bits per heavy atom. The quantitative estimate of drug-likeness (QED) is 0.178. The van der Waals surface area contributed by atoms with Gasteiger partial charge >= 0.3 is 24.0 Å². The van der Waals surface area contributed by atoms with Gasteiger partial charge in [-0.05, 0) is 65.9 Å². The highest BCUT2D eigenvalue weighted by molar-refractivity contribution is 6.39. The summed E-state index contributed by atoms with van der Waals surface area (Å²) in [5.41, 5.74) is 1.10. The van der Waals surface area contributed by atoms with Crippen LogP contribution in [0.15, 0.2) is 72.9 Å². The second-order valence-electron chi connectivity index (χ2n) is 12.8. The highest BCUT2D eigenvalue weighted by Gasteiger charge is 2.30. The summed E-state index contributed by atoms with van der Waals surface area (Å²) >= 11 is 0.